The molecule has 1 amide bonds. The molecule has 0 spiro atoms. The van der Waals surface area contributed by atoms with Gasteiger partial charge in [0.05, 0.1) is 18.1 Å². The molecule has 27 heavy (non-hydrogen) atoms. The molecule has 0 saturated heterocycles. The largest absolute Gasteiger partial charge is 0.419 e. The third kappa shape index (κ3) is 7.00. The molecule has 0 aromatic heterocycles. The van der Waals surface area contributed by atoms with Crippen molar-refractivity contribution < 1.29 is 14.3 Å². The molecule has 2 aromatic carbocycles. The summed E-state index contributed by atoms with van der Waals surface area (Å²) >= 11 is 5.20. The van der Waals surface area contributed by atoms with Crippen LogP contribution >= 0.6 is 12.2 Å². The summed E-state index contributed by atoms with van der Waals surface area (Å²) in [4.78, 5) is 15.1. The number of benzene rings is 2. The van der Waals surface area contributed by atoms with Crippen molar-refractivity contribution in [2.45, 2.75) is 26.7 Å². The summed E-state index contributed by atoms with van der Waals surface area (Å²) in [5, 5.41) is 3.12. The van der Waals surface area contributed by atoms with Crippen LogP contribution < -0.4 is 15.0 Å². The Balaban J connectivity index is 2.08. The number of para-hydroxylation sites is 1. The summed E-state index contributed by atoms with van der Waals surface area (Å²) < 4.78 is 11.1. The lowest BCUT2D eigenvalue weighted by Crippen LogP contribution is -2.36. The van der Waals surface area contributed by atoms with E-state index in [-0.39, 0.29) is 0 Å². The van der Waals surface area contributed by atoms with Crippen molar-refractivity contribution in [1.29, 1.82) is 0 Å². The minimum atomic E-state index is -0.448. The van der Waals surface area contributed by atoms with E-state index in [4.69, 9.17) is 21.7 Å². The second kappa shape index (κ2) is 11.3. The quantitative estimate of drug-likeness (QED) is 0.470. The van der Waals surface area contributed by atoms with Crippen LogP contribution in [0, 0.1) is 0 Å². The molecular formula is C21H26N2O3S. The van der Waals surface area contributed by atoms with Gasteiger partial charge in [-0.25, -0.2) is 4.79 Å². The first-order valence-electron chi connectivity index (χ1n) is 9.16. The van der Waals surface area contributed by atoms with Gasteiger partial charge in [0.15, 0.2) is 0 Å². The first-order chi connectivity index (χ1) is 13.1. The van der Waals surface area contributed by atoms with Gasteiger partial charge in [-0.2, -0.15) is 0 Å². The second-order valence-electron chi connectivity index (χ2n) is 5.90. The van der Waals surface area contributed by atoms with Gasteiger partial charge in [0.1, 0.15) is 5.75 Å². The van der Waals surface area contributed by atoms with E-state index >= 15 is 0 Å². The maximum Gasteiger partial charge on any atom is 0.419 e. The minimum absolute atomic E-state index is 0.417. The molecular weight excluding hydrogens is 360 g/mol. The number of carbonyl (C=O) groups excluding carboxylic acids is 1. The van der Waals surface area contributed by atoms with Gasteiger partial charge in [-0.3, -0.25) is 4.90 Å². The Bertz CT molecular complexity index is 737. The normalized spacial score (nSPS) is 10.3. The van der Waals surface area contributed by atoms with Crippen LogP contribution in [0.2, 0.25) is 0 Å². The zero-order valence-corrected chi connectivity index (χ0v) is 16.6. The number of nitrogens with zero attached hydrogens (tertiary/aromatic N) is 1. The first-order valence-corrected chi connectivity index (χ1v) is 9.57. The maximum atomic E-state index is 12.8. The summed E-state index contributed by atoms with van der Waals surface area (Å²) in [6.07, 6.45) is 1.24. The van der Waals surface area contributed by atoms with Gasteiger partial charge < -0.3 is 14.8 Å². The Morgan fingerprint density at radius 3 is 2.56 bits per heavy atom. The van der Waals surface area contributed by atoms with Crippen LogP contribution in [0.15, 0.2) is 54.6 Å². The molecule has 0 saturated carbocycles. The standard InChI is InChI=1S/C21H26N2O3S/c1-3-14-25-15-13-23(18-10-6-5-7-11-18)21(24)26-19-12-8-9-17(16-19)22-20(27)4-2/h5-12,16H,3-4,13-15H2,1-2H3,(H,22,27). The third-order valence-corrected chi connectivity index (χ3v) is 4.13. The zero-order valence-electron chi connectivity index (χ0n) is 15.8. The Kier molecular flexibility index (Phi) is 8.74. The van der Waals surface area contributed by atoms with E-state index in [9.17, 15) is 4.79 Å². The number of hydrogen-bond acceptors (Lipinski definition) is 4. The van der Waals surface area contributed by atoms with E-state index < -0.39 is 6.09 Å². The van der Waals surface area contributed by atoms with Crippen molar-refractivity contribution in [3.8, 4) is 5.75 Å². The highest BCUT2D eigenvalue weighted by molar-refractivity contribution is 7.80. The van der Waals surface area contributed by atoms with Crippen molar-refractivity contribution in [2.24, 2.45) is 0 Å². The van der Waals surface area contributed by atoms with Crippen molar-refractivity contribution in [1.82, 2.24) is 0 Å². The van der Waals surface area contributed by atoms with Gasteiger partial charge in [-0.05, 0) is 37.1 Å². The van der Waals surface area contributed by atoms with Gasteiger partial charge in [0, 0.05) is 24.0 Å². The van der Waals surface area contributed by atoms with E-state index in [0.29, 0.717) is 25.5 Å². The number of nitrogens with one attached hydrogen (secondary N) is 1. The summed E-state index contributed by atoms with van der Waals surface area (Å²) in [5.74, 6) is 0.458. The molecule has 1 N–H and O–H groups in total. The number of hydrogen-bond donors (Lipinski definition) is 1. The molecule has 0 heterocycles. The van der Waals surface area contributed by atoms with Crippen molar-refractivity contribution >= 4 is 34.7 Å². The Labute approximate surface area is 166 Å². The molecule has 0 unspecified atom stereocenters. The van der Waals surface area contributed by atoms with E-state index in [1.807, 2.05) is 49.4 Å². The lowest BCUT2D eigenvalue weighted by atomic mass is 10.3. The Hall–Kier alpha value is -2.44. The third-order valence-electron chi connectivity index (χ3n) is 3.74. The van der Waals surface area contributed by atoms with E-state index in [1.54, 1.807) is 17.0 Å². The molecule has 0 aliphatic carbocycles. The Morgan fingerprint density at radius 1 is 1.07 bits per heavy atom. The molecule has 6 heteroatoms. The Morgan fingerprint density at radius 2 is 1.85 bits per heavy atom. The number of amides is 1. The molecule has 0 atom stereocenters. The molecule has 2 rings (SSSR count). The van der Waals surface area contributed by atoms with Crippen LogP contribution in [0.4, 0.5) is 16.2 Å². The topological polar surface area (TPSA) is 50.8 Å². The number of rotatable bonds is 9. The fourth-order valence-electron chi connectivity index (χ4n) is 2.38. The highest BCUT2D eigenvalue weighted by atomic mass is 32.1. The summed E-state index contributed by atoms with van der Waals surface area (Å²) in [6.45, 7) is 5.57. The van der Waals surface area contributed by atoms with E-state index in [0.717, 1.165) is 29.2 Å². The van der Waals surface area contributed by atoms with E-state index in [1.165, 1.54) is 0 Å². The molecule has 0 aliphatic heterocycles. The van der Waals surface area contributed by atoms with Crippen LogP contribution in [0.25, 0.3) is 0 Å². The second-order valence-corrected chi connectivity index (χ2v) is 6.39. The van der Waals surface area contributed by atoms with Gasteiger partial charge in [-0.15, -0.1) is 0 Å². The zero-order chi connectivity index (χ0) is 19.5. The molecule has 5 nitrogen and oxygen atoms in total. The SMILES string of the molecule is CCCOCCN(C(=O)Oc1cccc(NC(=S)CC)c1)c1ccccc1. The van der Waals surface area contributed by atoms with Crippen LogP contribution in [0.5, 0.6) is 5.75 Å². The van der Waals surface area contributed by atoms with Crippen LogP contribution in [-0.2, 0) is 4.74 Å². The summed E-state index contributed by atoms with van der Waals surface area (Å²) in [7, 11) is 0. The molecule has 2 aromatic rings. The van der Waals surface area contributed by atoms with Crippen LogP contribution in [-0.4, -0.2) is 30.8 Å². The van der Waals surface area contributed by atoms with Gasteiger partial charge in [0.2, 0.25) is 0 Å². The lowest BCUT2D eigenvalue weighted by molar-refractivity contribution is 0.139. The number of anilines is 2. The molecule has 144 valence electrons. The van der Waals surface area contributed by atoms with Crippen molar-refractivity contribution in [3.63, 3.8) is 0 Å². The van der Waals surface area contributed by atoms with Gasteiger partial charge in [-0.1, -0.05) is 50.3 Å². The maximum absolute atomic E-state index is 12.8. The fraction of sp³-hybridized carbons (Fsp3) is 0.333. The molecule has 0 aliphatic rings. The smallest absolute Gasteiger partial charge is 0.410 e. The van der Waals surface area contributed by atoms with Crippen LogP contribution in [0.3, 0.4) is 0 Å². The molecule has 0 bridgehead atoms. The molecule has 0 fully saturated rings. The summed E-state index contributed by atoms with van der Waals surface area (Å²) in [6, 6.07) is 16.6. The average molecular weight is 387 g/mol. The minimum Gasteiger partial charge on any atom is -0.410 e. The lowest BCUT2D eigenvalue weighted by Gasteiger charge is -2.22. The highest BCUT2D eigenvalue weighted by Gasteiger charge is 2.18. The number of carbonyl (C=O) groups is 1. The monoisotopic (exact) mass is 386 g/mol. The number of ether oxygens (including phenoxy) is 2. The summed E-state index contributed by atoms with van der Waals surface area (Å²) in [5.41, 5.74) is 1.56. The highest BCUT2D eigenvalue weighted by Crippen LogP contribution is 2.21. The van der Waals surface area contributed by atoms with Crippen molar-refractivity contribution in [2.75, 3.05) is 30.0 Å². The van der Waals surface area contributed by atoms with E-state index in [2.05, 4.69) is 12.2 Å². The predicted molar refractivity (Wildman–Crippen MR) is 114 cm³/mol. The average Bonchev–Trinajstić information content (AvgIpc) is 2.68. The van der Waals surface area contributed by atoms with Gasteiger partial charge >= 0.3 is 6.09 Å². The van der Waals surface area contributed by atoms with Crippen molar-refractivity contribution in [3.05, 3.63) is 54.6 Å². The number of thiocarbonyl (C=S) groups is 1. The van der Waals surface area contributed by atoms with Crippen LogP contribution in [0.1, 0.15) is 26.7 Å². The predicted octanol–water partition coefficient (Wildman–Crippen LogP) is 5.27. The fourth-order valence-corrected chi connectivity index (χ4v) is 2.50. The molecule has 0 radical (unpaired) electrons. The first kappa shape index (κ1) is 20.9. The van der Waals surface area contributed by atoms with Gasteiger partial charge in [0.25, 0.3) is 0 Å².